The number of hydrogen-bond donors (Lipinski definition) is 1. The number of rotatable bonds is 6. The second-order valence-corrected chi connectivity index (χ2v) is 11.7. The van der Waals surface area contributed by atoms with E-state index in [0.29, 0.717) is 29.5 Å². The van der Waals surface area contributed by atoms with Crippen molar-refractivity contribution in [3.8, 4) is 28.2 Å². The van der Waals surface area contributed by atoms with Gasteiger partial charge in [0.25, 0.3) is 5.91 Å². The number of nitrogens with one attached hydrogen (secondary N) is 1. The number of aryl methyl sites for hydroxylation is 1. The van der Waals surface area contributed by atoms with Crippen molar-refractivity contribution in [2.45, 2.75) is 19.9 Å². The molecule has 1 N–H and O–H groups in total. The van der Waals surface area contributed by atoms with Gasteiger partial charge in [0.15, 0.2) is 5.76 Å². The molecule has 2 aliphatic heterocycles. The van der Waals surface area contributed by atoms with Crippen LogP contribution in [0.15, 0.2) is 89.6 Å². The first-order valence-corrected chi connectivity index (χ1v) is 15.2. The predicted molar refractivity (Wildman–Crippen MR) is 175 cm³/mol. The van der Waals surface area contributed by atoms with Crippen molar-refractivity contribution in [1.82, 2.24) is 10.3 Å². The summed E-state index contributed by atoms with van der Waals surface area (Å²) < 4.78 is 12.1. The third-order valence-electron chi connectivity index (χ3n) is 8.51. The van der Waals surface area contributed by atoms with Gasteiger partial charge < -0.3 is 24.3 Å². The van der Waals surface area contributed by atoms with Gasteiger partial charge in [0.2, 0.25) is 0 Å². The first kappa shape index (κ1) is 28.2. The standard InChI is InChI=1S/C36H33ClN4O3/c1-23-20-39-21-31(34(23)43-2)30-6-4-3-5-25(30)22-41-32-12-11-29(40-15-13-38-14-16-40)18-26(32)17-27-19-33(44-35(27)36(41)42)24-7-9-28(37)10-8-24/h3-12,18-21,38H,13-17,22H2,1-2H3. The Balaban J connectivity index is 1.34. The van der Waals surface area contributed by atoms with Crippen LogP contribution in [0.5, 0.6) is 5.75 Å². The molecule has 7 nitrogen and oxygen atoms in total. The molecule has 0 saturated carbocycles. The molecule has 0 bridgehead atoms. The lowest BCUT2D eigenvalue weighted by atomic mass is 9.98. The van der Waals surface area contributed by atoms with Crippen LogP contribution in [0.3, 0.4) is 0 Å². The summed E-state index contributed by atoms with van der Waals surface area (Å²) in [6.07, 6.45) is 4.21. The summed E-state index contributed by atoms with van der Waals surface area (Å²) in [7, 11) is 1.68. The van der Waals surface area contributed by atoms with E-state index < -0.39 is 0 Å². The predicted octanol–water partition coefficient (Wildman–Crippen LogP) is 7.14. The number of ether oxygens (including phenoxy) is 1. The fraction of sp³-hybridized carbons (Fsp3) is 0.222. The fourth-order valence-electron chi connectivity index (χ4n) is 6.30. The van der Waals surface area contributed by atoms with Crippen LogP contribution in [0.4, 0.5) is 11.4 Å². The molecule has 222 valence electrons. The Hall–Kier alpha value is -4.59. The first-order valence-electron chi connectivity index (χ1n) is 14.9. The van der Waals surface area contributed by atoms with Crippen molar-refractivity contribution in [3.63, 3.8) is 0 Å². The molecule has 1 fully saturated rings. The van der Waals surface area contributed by atoms with Gasteiger partial charge in [-0.3, -0.25) is 9.78 Å². The van der Waals surface area contributed by atoms with Crippen molar-refractivity contribution < 1.29 is 13.9 Å². The maximum atomic E-state index is 14.5. The van der Waals surface area contributed by atoms with Gasteiger partial charge in [-0.1, -0.05) is 35.9 Å². The van der Waals surface area contributed by atoms with E-state index in [1.54, 1.807) is 13.3 Å². The Morgan fingerprint density at radius 1 is 0.955 bits per heavy atom. The van der Waals surface area contributed by atoms with Gasteiger partial charge in [0.1, 0.15) is 11.5 Å². The third kappa shape index (κ3) is 5.23. The third-order valence-corrected chi connectivity index (χ3v) is 8.76. The van der Waals surface area contributed by atoms with E-state index in [2.05, 4.69) is 45.5 Å². The lowest BCUT2D eigenvalue weighted by Crippen LogP contribution is -2.43. The summed E-state index contributed by atoms with van der Waals surface area (Å²) in [4.78, 5) is 23.2. The van der Waals surface area contributed by atoms with Crippen LogP contribution in [0.2, 0.25) is 5.02 Å². The highest BCUT2D eigenvalue weighted by Gasteiger charge is 2.32. The zero-order valence-corrected chi connectivity index (χ0v) is 25.5. The van der Waals surface area contributed by atoms with Crippen LogP contribution in [0.1, 0.15) is 32.8 Å². The molecule has 2 aromatic heterocycles. The molecule has 4 heterocycles. The average molecular weight is 605 g/mol. The number of piperazine rings is 1. The van der Waals surface area contributed by atoms with Crippen molar-refractivity contribution >= 4 is 28.9 Å². The molecule has 0 unspecified atom stereocenters. The molecular weight excluding hydrogens is 572 g/mol. The molecule has 0 spiro atoms. The summed E-state index contributed by atoms with van der Waals surface area (Å²) in [5.74, 6) is 1.62. The monoisotopic (exact) mass is 604 g/mol. The minimum atomic E-state index is -0.168. The number of amides is 1. The number of nitrogens with zero attached hydrogens (tertiary/aromatic N) is 3. The number of furan rings is 1. The van der Waals surface area contributed by atoms with Gasteiger partial charge >= 0.3 is 0 Å². The second-order valence-electron chi connectivity index (χ2n) is 11.3. The van der Waals surface area contributed by atoms with E-state index in [4.69, 9.17) is 20.8 Å². The lowest BCUT2D eigenvalue weighted by molar-refractivity contribution is 0.0959. The summed E-state index contributed by atoms with van der Waals surface area (Å²) in [5, 5.41) is 4.08. The van der Waals surface area contributed by atoms with E-state index in [9.17, 15) is 4.79 Å². The SMILES string of the molecule is COc1c(C)cncc1-c1ccccc1CN1C(=O)c2oc(-c3ccc(Cl)cc3)cc2Cc2cc(N3CCNCC3)ccc21. The van der Waals surface area contributed by atoms with Crippen LogP contribution >= 0.6 is 11.6 Å². The number of hydrogen-bond acceptors (Lipinski definition) is 6. The molecule has 1 amide bonds. The van der Waals surface area contributed by atoms with Gasteiger partial charge in [0.05, 0.1) is 13.7 Å². The van der Waals surface area contributed by atoms with Crippen LogP contribution in [-0.4, -0.2) is 44.2 Å². The number of fused-ring (bicyclic) bond motifs is 2. The van der Waals surface area contributed by atoms with Gasteiger partial charge in [-0.25, -0.2) is 0 Å². The minimum absolute atomic E-state index is 0.168. The molecule has 44 heavy (non-hydrogen) atoms. The number of anilines is 2. The highest BCUT2D eigenvalue weighted by Crippen LogP contribution is 2.40. The maximum Gasteiger partial charge on any atom is 0.294 e. The minimum Gasteiger partial charge on any atom is -0.496 e. The molecule has 7 rings (SSSR count). The maximum absolute atomic E-state index is 14.5. The quantitative estimate of drug-likeness (QED) is 0.222. The van der Waals surface area contributed by atoms with Gasteiger partial charge in [0, 0.05) is 83.6 Å². The number of methoxy groups -OCH3 is 1. The number of benzene rings is 3. The van der Waals surface area contributed by atoms with Crippen molar-refractivity contribution in [3.05, 3.63) is 118 Å². The summed E-state index contributed by atoms with van der Waals surface area (Å²) >= 11 is 6.15. The normalized spacial score (nSPS) is 14.7. The first-order chi connectivity index (χ1) is 21.5. The summed E-state index contributed by atoms with van der Waals surface area (Å²) in [6.45, 7) is 6.12. The molecule has 3 aromatic carbocycles. The van der Waals surface area contributed by atoms with Gasteiger partial charge in [-0.05, 0) is 72.1 Å². The number of aromatic nitrogens is 1. The molecule has 0 radical (unpaired) electrons. The Labute approximate surface area is 262 Å². The van der Waals surface area contributed by atoms with E-state index in [-0.39, 0.29) is 5.91 Å². The van der Waals surface area contributed by atoms with Crippen molar-refractivity contribution in [2.24, 2.45) is 0 Å². The molecular formula is C36H33ClN4O3. The average Bonchev–Trinajstić information content (AvgIpc) is 3.44. The number of carbonyl (C=O) groups excluding carboxylic acids is 1. The molecule has 0 atom stereocenters. The van der Waals surface area contributed by atoms with E-state index >= 15 is 0 Å². The summed E-state index contributed by atoms with van der Waals surface area (Å²) in [5.41, 5.74) is 8.68. The zero-order valence-electron chi connectivity index (χ0n) is 24.8. The smallest absolute Gasteiger partial charge is 0.294 e. The Morgan fingerprint density at radius 2 is 1.75 bits per heavy atom. The molecule has 1 saturated heterocycles. The zero-order chi connectivity index (χ0) is 30.2. The van der Waals surface area contributed by atoms with Crippen molar-refractivity contribution in [2.75, 3.05) is 43.1 Å². The van der Waals surface area contributed by atoms with E-state index in [0.717, 1.165) is 76.6 Å². The number of carbonyl (C=O) groups is 1. The van der Waals surface area contributed by atoms with E-state index in [1.807, 2.05) is 60.5 Å². The lowest BCUT2D eigenvalue weighted by Gasteiger charge is -2.31. The largest absolute Gasteiger partial charge is 0.496 e. The summed E-state index contributed by atoms with van der Waals surface area (Å²) in [6, 6.07) is 24.1. The second kappa shape index (κ2) is 11.8. The Morgan fingerprint density at radius 3 is 2.55 bits per heavy atom. The molecule has 8 heteroatoms. The topological polar surface area (TPSA) is 70.8 Å². The number of halogens is 1. The van der Waals surface area contributed by atoms with Gasteiger partial charge in [-0.2, -0.15) is 0 Å². The van der Waals surface area contributed by atoms with Crippen LogP contribution < -0.4 is 19.9 Å². The molecule has 2 aliphatic rings. The van der Waals surface area contributed by atoms with Crippen LogP contribution in [0, 0.1) is 6.92 Å². The highest BCUT2D eigenvalue weighted by atomic mass is 35.5. The Bertz CT molecular complexity index is 1840. The fourth-order valence-corrected chi connectivity index (χ4v) is 6.42. The van der Waals surface area contributed by atoms with E-state index in [1.165, 1.54) is 5.69 Å². The number of pyridine rings is 1. The van der Waals surface area contributed by atoms with Crippen LogP contribution in [-0.2, 0) is 13.0 Å². The van der Waals surface area contributed by atoms with Crippen molar-refractivity contribution in [1.29, 1.82) is 0 Å². The van der Waals surface area contributed by atoms with Gasteiger partial charge in [-0.15, -0.1) is 0 Å². The molecule has 5 aromatic rings. The Kier molecular flexibility index (Phi) is 7.58. The van der Waals surface area contributed by atoms with Crippen LogP contribution in [0.25, 0.3) is 22.5 Å². The highest BCUT2D eigenvalue weighted by molar-refractivity contribution is 6.30. The molecule has 0 aliphatic carbocycles.